The van der Waals surface area contributed by atoms with Gasteiger partial charge in [0, 0.05) is 6.54 Å². The summed E-state index contributed by atoms with van der Waals surface area (Å²) in [5.74, 6) is -1.91. The molecular weight excluding hydrogens is 282 g/mol. The zero-order valence-corrected chi connectivity index (χ0v) is 12.2. The molecule has 1 spiro atoms. The minimum atomic E-state index is -1.02. The lowest BCUT2D eigenvalue weighted by Crippen LogP contribution is -2.49. The molecule has 2 fully saturated rings. The Hall–Kier alpha value is -2.14. The lowest BCUT2D eigenvalue weighted by molar-refractivity contribution is -0.152. The fraction of sp³-hybridized carbons (Fsp3) is 0.412. The maximum absolute atomic E-state index is 13.0. The molecule has 3 aliphatic heterocycles. The Morgan fingerprint density at radius 1 is 1.41 bits per heavy atom. The molecule has 0 radical (unpaired) electrons. The number of ether oxygens (including phenoxy) is 1. The molecule has 22 heavy (non-hydrogen) atoms. The van der Waals surface area contributed by atoms with Gasteiger partial charge in [-0.25, -0.2) is 0 Å². The van der Waals surface area contributed by atoms with E-state index in [1.807, 2.05) is 36.4 Å². The smallest absolute Gasteiger partial charge is 0.310 e. The van der Waals surface area contributed by atoms with E-state index in [2.05, 4.69) is 0 Å². The van der Waals surface area contributed by atoms with E-state index in [-0.39, 0.29) is 5.91 Å². The van der Waals surface area contributed by atoms with Crippen LogP contribution in [0, 0.1) is 11.3 Å². The summed E-state index contributed by atoms with van der Waals surface area (Å²) in [6.45, 7) is 2.63. The fourth-order valence-electron chi connectivity index (χ4n) is 4.21. The molecule has 2 bridgehead atoms. The van der Waals surface area contributed by atoms with Crippen LogP contribution in [0.3, 0.4) is 0 Å². The van der Waals surface area contributed by atoms with Crippen molar-refractivity contribution in [3.8, 4) is 0 Å². The maximum atomic E-state index is 13.0. The van der Waals surface area contributed by atoms with E-state index in [4.69, 9.17) is 4.74 Å². The second kappa shape index (κ2) is 4.20. The molecule has 5 heteroatoms. The second-order valence-corrected chi connectivity index (χ2v) is 6.50. The molecule has 5 nitrogen and oxygen atoms in total. The molecule has 114 valence electrons. The third-order valence-electron chi connectivity index (χ3n) is 5.37. The summed E-state index contributed by atoms with van der Waals surface area (Å²) >= 11 is 0. The quantitative estimate of drug-likeness (QED) is 0.858. The zero-order chi connectivity index (χ0) is 15.5. The van der Waals surface area contributed by atoms with Gasteiger partial charge in [-0.05, 0) is 12.5 Å². The minimum Gasteiger partial charge on any atom is -0.481 e. The van der Waals surface area contributed by atoms with Gasteiger partial charge in [0.15, 0.2) is 0 Å². The molecular formula is C17H17NO4. The summed E-state index contributed by atoms with van der Waals surface area (Å²) in [6.07, 6.45) is 3.19. The molecule has 0 aliphatic carbocycles. The van der Waals surface area contributed by atoms with Gasteiger partial charge in [-0.2, -0.15) is 0 Å². The topological polar surface area (TPSA) is 66.8 Å². The molecule has 4 rings (SSSR count). The first kappa shape index (κ1) is 13.5. The van der Waals surface area contributed by atoms with E-state index in [1.165, 1.54) is 0 Å². The average molecular weight is 299 g/mol. The molecule has 2 saturated heterocycles. The van der Waals surface area contributed by atoms with Crippen molar-refractivity contribution in [1.29, 1.82) is 0 Å². The number of carboxylic acid groups (broad SMARTS) is 1. The predicted octanol–water partition coefficient (Wildman–Crippen LogP) is 1.44. The highest BCUT2D eigenvalue weighted by Crippen LogP contribution is 2.60. The van der Waals surface area contributed by atoms with Crippen molar-refractivity contribution in [2.45, 2.75) is 25.2 Å². The number of carbonyl (C=O) groups is 2. The van der Waals surface area contributed by atoms with E-state index in [0.717, 1.165) is 5.56 Å². The lowest BCUT2D eigenvalue weighted by Gasteiger charge is -2.32. The number of likely N-dealkylation sites (tertiary alicyclic amines) is 1. The number of nitrogens with zero attached hydrogens (tertiary/aromatic N) is 1. The average Bonchev–Trinajstić information content (AvgIpc) is 3.07. The van der Waals surface area contributed by atoms with E-state index in [9.17, 15) is 14.7 Å². The number of aliphatic carboxylic acids is 1. The summed E-state index contributed by atoms with van der Waals surface area (Å²) in [6, 6.07) is 9.71. The Labute approximate surface area is 128 Å². The van der Waals surface area contributed by atoms with E-state index in [0.29, 0.717) is 13.1 Å². The van der Waals surface area contributed by atoms with Gasteiger partial charge < -0.3 is 14.7 Å². The number of benzene rings is 1. The number of hydrogen-bond acceptors (Lipinski definition) is 3. The van der Waals surface area contributed by atoms with Crippen LogP contribution in [0.2, 0.25) is 0 Å². The van der Waals surface area contributed by atoms with Crippen LogP contribution < -0.4 is 0 Å². The predicted molar refractivity (Wildman–Crippen MR) is 77.8 cm³/mol. The van der Waals surface area contributed by atoms with Gasteiger partial charge in [-0.3, -0.25) is 9.59 Å². The molecule has 0 saturated carbocycles. The summed E-state index contributed by atoms with van der Waals surface area (Å²) < 4.78 is 5.94. The van der Waals surface area contributed by atoms with E-state index in [1.54, 1.807) is 17.9 Å². The number of fused-ring (bicyclic) bond motifs is 1. The molecule has 1 amide bonds. The number of rotatable bonds is 3. The summed E-state index contributed by atoms with van der Waals surface area (Å²) in [4.78, 5) is 26.3. The first-order valence-electron chi connectivity index (χ1n) is 7.41. The molecule has 1 aromatic carbocycles. The third-order valence-corrected chi connectivity index (χ3v) is 5.37. The van der Waals surface area contributed by atoms with Crippen molar-refractivity contribution in [1.82, 2.24) is 4.90 Å². The Bertz CT molecular complexity index is 685. The molecule has 0 aromatic heterocycles. The highest BCUT2D eigenvalue weighted by atomic mass is 16.5. The van der Waals surface area contributed by atoms with Crippen LogP contribution >= 0.6 is 0 Å². The van der Waals surface area contributed by atoms with Crippen molar-refractivity contribution in [2.75, 3.05) is 6.54 Å². The van der Waals surface area contributed by atoms with Crippen LogP contribution in [0.25, 0.3) is 0 Å². The molecule has 3 aliphatic rings. The molecule has 3 heterocycles. The fourth-order valence-corrected chi connectivity index (χ4v) is 4.21. The van der Waals surface area contributed by atoms with Crippen LogP contribution in [0.5, 0.6) is 0 Å². The summed E-state index contributed by atoms with van der Waals surface area (Å²) in [5.41, 5.74) is -0.791. The van der Waals surface area contributed by atoms with Crippen molar-refractivity contribution in [2.24, 2.45) is 11.3 Å². The summed E-state index contributed by atoms with van der Waals surface area (Å²) in [5, 5.41) is 9.55. The molecule has 4 atom stereocenters. The van der Waals surface area contributed by atoms with E-state index < -0.39 is 29.0 Å². The van der Waals surface area contributed by atoms with Gasteiger partial charge in [0.1, 0.15) is 11.5 Å². The van der Waals surface area contributed by atoms with Crippen LogP contribution in [0.4, 0.5) is 0 Å². The SMILES string of the molecule is C[C@]12C(=O)N(Cc3ccccc3)C[C@]13C=CC(O3)[C@H]2C(=O)O. The molecule has 1 unspecified atom stereocenters. The summed E-state index contributed by atoms with van der Waals surface area (Å²) in [7, 11) is 0. The van der Waals surface area contributed by atoms with Crippen molar-refractivity contribution in [3.63, 3.8) is 0 Å². The third kappa shape index (κ3) is 1.47. The van der Waals surface area contributed by atoms with Gasteiger partial charge in [0.05, 0.1) is 18.1 Å². The molecule has 1 N–H and O–H groups in total. The van der Waals surface area contributed by atoms with Crippen LogP contribution in [0.15, 0.2) is 42.5 Å². The van der Waals surface area contributed by atoms with Crippen LogP contribution in [-0.2, 0) is 20.9 Å². The maximum Gasteiger partial charge on any atom is 0.310 e. The highest BCUT2D eigenvalue weighted by Gasteiger charge is 2.74. The number of carbonyl (C=O) groups excluding carboxylic acids is 1. The number of amides is 1. The van der Waals surface area contributed by atoms with E-state index >= 15 is 0 Å². The van der Waals surface area contributed by atoms with Gasteiger partial charge in [-0.15, -0.1) is 0 Å². The van der Waals surface area contributed by atoms with Gasteiger partial charge >= 0.3 is 5.97 Å². The first-order valence-corrected chi connectivity index (χ1v) is 7.41. The van der Waals surface area contributed by atoms with Gasteiger partial charge in [0.2, 0.25) is 5.91 Å². The Balaban J connectivity index is 1.70. The van der Waals surface area contributed by atoms with Crippen LogP contribution in [-0.4, -0.2) is 40.1 Å². The first-order chi connectivity index (χ1) is 10.5. The van der Waals surface area contributed by atoms with Crippen LogP contribution in [0.1, 0.15) is 12.5 Å². The standard InChI is InChI=1S/C17H17NO4/c1-16-13(14(19)20)12-7-8-17(16,22-12)10-18(15(16)21)9-11-5-3-2-4-6-11/h2-8,12-13H,9-10H2,1H3,(H,19,20)/t12?,13-,16-,17+/m0/s1. The lowest BCUT2D eigenvalue weighted by atomic mass is 9.65. The van der Waals surface area contributed by atoms with Crippen molar-refractivity contribution in [3.05, 3.63) is 48.0 Å². The Morgan fingerprint density at radius 3 is 2.82 bits per heavy atom. The number of hydrogen-bond donors (Lipinski definition) is 1. The van der Waals surface area contributed by atoms with Crippen molar-refractivity contribution < 1.29 is 19.4 Å². The number of carboxylic acids is 1. The highest BCUT2D eigenvalue weighted by molar-refractivity contribution is 5.94. The van der Waals surface area contributed by atoms with Crippen molar-refractivity contribution >= 4 is 11.9 Å². The second-order valence-electron chi connectivity index (χ2n) is 6.50. The normalized spacial score (nSPS) is 38.6. The Kier molecular flexibility index (Phi) is 2.58. The Morgan fingerprint density at radius 2 is 2.14 bits per heavy atom. The van der Waals surface area contributed by atoms with Gasteiger partial charge in [0.25, 0.3) is 0 Å². The van der Waals surface area contributed by atoms with Gasteiger partial charge in [-0.1, -0.05) is 42.5 Å². The minimum absolute atomic E-state index is 0.129. The molecule has 1 aromatic rings. The largest absolute Gasteiger partial charge is 0.481 e. The monoisotopic (exact) mass is 299 g/mol. The zero-order valence-electron chi connectivity index (χ0n) is 12.2.